The van der Waals surface area contributed by atoms with E-state index in [1.54, 1.807) is 25.1 Å². The van der Waals surface area contributed by atoms with E-state index in [4.69, 9.17) is 9.63 Å². The normalized spacial score (nSPS) is 17.2. The van der Waals surface area contributed by atoms with Gasteiger partial charge in [0.1, 0.15) is 6.04 Å². The van der Waals surface area contributed by atoms with Crippen molar-refractivity contribution in [1.29, 1.82) is 0 Å². The van der Waals surface area contributed by atoms with Crippen molar-refractivity contribution in [2.45, 2.75) is 65.5 Å². The van der Waals surface area contributed by atoms with Gasteiger partial charge in [0, 0.05) is 18.8 Å². The molecule has 0 saturated carbocycles. The van der Waals surface area contributed by atoms with E-state index in [1.807, 2.05) is 13.8 Å². The highest BCUT2D eigenvalue weighted by atomic mass is 16.5. The van der Waals surface area contributed by atoms with Crippen molar-refractivity contribution in [2.24, 2.45) is 5.41 Å². The van der Waals surface area contributed by atoms with Crippen LogP contribution in [0.2, 0.25) is 0 Å². The molecule has 0 unspecified atom stereocenters. The summed E-state index contributed by atoms with van der Waals surface area (Å²) in [4.78, 5) is 37.7. The van der Waals surface area contributed by atoms with E-state index in [-0.39, 0.29) is 24.7 Å². The summed E-state index contributed by atoms with van der Waals surface area (Å²) < 4.78 is 5.45. The molecule has 146 valence electrons. The molecule has 27 heavy (non-hydrogen) atoms. The maximum absolute atomic E-state index is 13.1. The van der Waals surface area contributed by atoms with E-state index in [2.05, 4.69) is 20.1 Å². The number of fused-ring (bicyclic) bond motifs is 1. The van der Waals surface area contributed by atoms with Gasteiger partial charge in [-0.15, -0.1) is 0 Å². The van der Waals surface area contributed by atoms with Crippen molar-refractivity contribution < 1.29 is 19.2 Å². The van der Waals surface area contributed by atoms with Crippen molar-refractivity contribution in [2.75, 3.05) is 0 Å². The summed E-state index contributed by atoms with van der Waals surface area (Å²) in [5.41, 5.74) is 1.09. The molecule has 0 aliphatic carbocycles. The zero-order valence-corrected chi connectivity index (χ0v) is 16.0. The minimum atomic E-state index is -0.919. The summed E-state index contributed by atoms with van der Waals surface area (Å²) >= 11 is 0. The molecule has 0 aromatic carbocycles. The number of aliphatic carboxylic acids is 1. The number of carboxylic acids is 1. The molecule has 0 spiro atoms. The van der Waals surface area contributed by atoms with Crippen LogP contribution in [-0.2, 0) is 22.6 Å². The van der Waals surface area contributed by atoms with Gasteiger partial charge in [-0.2, -0.15) is 4.98 Å². The number of nitrogens with zero attached hydrogens (tertiary/aromatic N) is 4. The summed E-state index contributed by atoms with van der Waals surface area (Å²) in [6, 6.07) is -0.408. The molecular formula is C18H25N5O4. The summed E-state index contributed by atoms with van der Waals surface area (Å²) in [7, 11) is 0. The molecule has 3 heterocycles. The van der Waals surface area contributed by atoms with E-state index in [0.29, 0.717) is 24.7 Å². The van der Waals surface area contributed by atoms with Crippen LogP contribution in [0.15, 0.2) is 10.9 Å². The third-order valence-corrected chi connectivity index (χ3v) is 4.74. The topological polar surface area (TPSA) is 125 Å². The van der Waals surface area contributed by atoms with Gasteiger partial charge in [0.15, 0.2) is 5.82 Å². The van der Waals surface area contributed by atoms with Crippen LogP contribution in [0.25, 0.3) is 0 Å². The second-order valence-corrected chi connectivity index (χ2v) is 8.13. The first kappa shape index (κ1) is 19.1. The van der Waals surface area contributed by atoms with Crippen LogP contribution in [0, 0.1) is 5.41 Å². The van der Waals surface area contributed by atoms with Gasteiger partial charge in [-0.3, -0.25) is 9.59 Å². The average molecular weight is 375 g/mol. The fourth-order valence-corrected chi connectivity index (χ4v) is 3.32. The Kier molecular flexibility index (Phi) is 5.03. The minimum Gasteiger partial charge on any atom is -0.481 e. The number of amides is 1. The van der Waals surface area contributed by atoms with Gasteiger partial charge in [0.05, 0.1) is 30.7 Å². The molecule has 1 aliphatic rings. The summed E-state index contributed by atoms with van der Waals surface area (Å²) in [5.74, 6) is 0.0342. The quantitative estimate of drug-likeness (QED) is 0.794. The number of H-pyrrole nitrogens is 1. The smallest absolute Gasteiger partial charge is 0.303 e. The van der Waals surface area contributed by atoms with Crippen LogP contribution < -0.4 is 0 Å². The number of hydrogen-bond donors (Lipinski definition) is 2. The van der Waals surface area contributed by atoms with Gasteiger partial charge in [-0.05, 0) is 5.41 Å². The lowest BCUT2D eigenvalue weighted by Crippen LogP contribution is -2.41. The molecule has 0 saturated heterocycles. The first-order valence-corrected chi connectivity index (χ1v) is 9.02. The SMILES string of the molecule is CC(C)c1noc([C@@H]2Cc3nc[nH]c3CN2C(=O)CC(C)(C)CC(=O)O)n1. The Labute approximate surface area is 157 Å². The molecule has 0 radical (unpaired) electrons. The molecule has 0 fully saturated rings. The Morgan fingerprint density at radius 2 is 2.15 bits per heavy atom. The highest BCUT2D eigenvalue weighted by molar-refractivity contribution is 5.78. The van der Waals surface area contributed by atoms with E-state index in [9.17, 15) is 9.59 Å². The zero-order chi connectivity index (χ0) is 19.8. The standard InChI is InChI=1S/C18H25N5O4/c1-10(2)16-21-17(27-22-16)13-5-11-12(20-9-19-11)8-23(13)14(24)6-18(3,4)7-15(25)26/h9-10,13H,5-8H2,1-4H3,(H,19,20)(H,25,26)/t13-/m0/s1. The fraction of sp³-hybridized carbons (Fsp3) is 0.611. The van der Waals surface area contributed by atoms with E-state index < -0.39 is 17.4 Å². The summed E-state index contributed by atoms with van der Waals surface area (Å²) in [5, 5.41) is 13.1. The molecule has 1 aliphatic heterocycles. The van der Waals surface area contributed by atoms with Gasteiger partial charge in [0.25, 0.3) is 0 Å². The van der Waals surface area contributed by atoms with E-state index >= 15 is 0 Å². The Morgan fingerprint density at radius 1 is 1.41 bits per heavy atom. The highest BCUT2D eigenvalue weighted by Crippen LogP contribution is 2.34. The number of rotatable bonds is 6. The van der Waals surface area contributed by atoms with Gasteiger partial charge in [0.2, 0.25) is 11.8 Å². The Hall–Kier alpha value is -2.71. The van der Waals surface area contributed by atoms with Crippen molar-refractivity contribution in [3.8, 4) is 0 Å². The number of carbonyl (C=O) groups excluding carboxylic acids is 1. The molecule has 2 N–H and O–H groups in total. The number of hydrogen-bond acceptors (Lipinski definition) is 6. The number of nitrogens with one attached hydrogen (secondary N) is 1. The summed E-state index contributed by atoms with van der Waals surface area (Å²) in [6.45, 7) is 7.85. The second kappa shape index (κ2) is 7.13. The lowest BCUT2D eigenvalue weighted by molar-refractivity contribution is -0.142. The molecule has 0 bridgehead atoms. The third kappa shape index (κ3) is 4.17. The van der Waals surface area contributed by atoms with Crippen molar-refractivity contribution in [1.82, 2.24) is 25.0 Å². The van der Waals surface area contributed by atoms with Crippen LogP contribution in [0.5, 0.6) is 0 Å². The number of aromatic amines is 1. The maximum atomic E-state index is 13.1. The van der Waals surface area contributed by atoms with Gasteiger partial charge < -0.3 is 19.5 Å². The number of carboxylic acid groups (broad SMARTS) is 1. The predicted octanol–water partition coefficient (Wildman–Crippen LogP) is 2.43. The first-order valence-electron chi connectivity index (χ1n) is 9.02. The van der Waals surface area contributed by atoms with E-state index in [1.165, 1.54) is 0 Å². The zero-order valence-electron chi connectivity index (χ0n) is 16.0. The lowest BCUT2D eigenvalue weighted by Gasteiger charge is -2.35. The molecular weight excluding hydrogens is 350 g/mol. The predicted molar refractivity (Wildman–Crippen MR) is 94.6 cm³/mol. The van der Waals surface area contributed by atoms with E-state index in [0.717, 1.165) is 11.4 Å². The second-order valence-electron chi connectivity index (χ2n) is 8.13. The van der Waals surface area contributed by atoms with Crippen LogP contribution in [0.1, 0.15) is 75.6 Å². The molecule has 3 rings (SSSR count). The first-order chi connectivity index (χ1) is 12.7. The molecule has 9 heteroatoms. The van der Waals surface area contributed by atoms with Crippen molar-refractivity contribution in [3.63, 3.8) is 0 Å². The highest BCUT2D eigenvalue weighted by Gasteiger charge is 2.38. The van der Waals surface area contributed by atoms with Gasteiger partial charge in [-0.1, -0.05) is 32.9 Å². The maximum Gasteiger partial charge on any atom is 0.303 e. The minimum absolute atomic E-state index is 0.0788. The number of carbonyl (C=O) groups is 2. The Balaban J connectivity index is 1.87. The van der Waals surface area contributed by atoms with Crippen LogP contribution in [0.4, 0.5) is 0 Å². The van der Waals surface area contributed by atoms with Crippen molar-refractivity contribution >= 4 is 11.9 Å². The number of imidazole rings is 1. The largest absolute Gasteiger partial charge is 0.481 e. The Morgan fingerprint density at radius 3 is 2.78 bits per heavy atom. The molecule has 2 aromatic rings. The molecule has 1 amide bonds. The fourth-order valence-electron chi connectivity index (χ4n) is 3.32. The van der Waals surface area contributed by atoms with Crippen molar-refractivity contribution in [3.05, 3.63) is 29.4 Å². The monoisotopic (exact) mass is 375 g/mol. The molecule has 2 aromatic heterocycles. The average Bonchev–Trinajstić information content (AvgIpc) is 3.20. The lowest BCUT2D eigenvalue weighted by atomic mass is 9.84. The van der Waals surface area contributed by atoms with Gasteiger partial charge >= 0.3 is 5.97 Å². The van der Waals surface area contributed by atoms with Crippen LogP contribution in [-0.4, -0.2) is 42.0 Å². The third-order valence-electron chi connectivity index (χ3n) is 4.74. The molecule has 9 nitrogen and oxygen atoms in total. The van der Waals surface area contributed by atoms with Crippen LogP contribution in [0.3, 0.4) is 0 Å². The molecule has 1 atom stereocenters. The Bertz CT molecular complexity index is 838. The van der Waals surface area contributed by atoms with Gasteiger partial charge in [-0.25, -0.2) is 4.98 Å². The van der Waals surface area contributed by atoms with Crippen LogP contribution >= 0.6 is 0 Å². The number of aromatic nitrogens is 4. The summed E-state index contributed by atoms with van der Waals surface area (Å²) in [6.07, 6.45) is 2.12.